The maximum atomic E-state index is 12.3. The molecule has 3 aromatic rings. The van der Waals surface area contributed by atoms with E-state index in [9.17, 15) is 4.79 Å². The largest absolute Gasteiger partial charge is 0.366 e. The third-order valence-corrected chi connectivity index (χ3v) is 9.24. The minimum atomic E-state index is -0.585. The molecule has 0 unspecified atom stereocenters. The van der Waals surface area contributed by atoms with E-state index in [0.717, 1.165) is 51.7 Å². The molecule has 1 aromatic carbocycles. The van der Waals surface area contributed by atoms with E-state index in [-0.39, 0.29) is 5.69 Å². The van der Waals surface area contributed by atoms with E-state index < -0.39 is 5.91 Å². The average molecular weight is 526 g/mol. The van der Waals surface area contributed by atoms with Crippen molar-refractivity contribution in [3.63, 3.8) is 0 Å². The van der Waals surface area contributed by atoms with Crippen LogP contribution >= 0.6 is 23.1 Å². The Morgan fingerprint density at radius 1 is 1.06 bits per heavy atom. The van der Waals surface area contributed by atoms with Crippen LogP contribution in [0.15, 0.2) is 18.2 Å². The molecule has 0 spiro atoms. The summed E-state index contributed by atoms with van der Waals surface area (Å²) in [6.07, 6.45) is 6.21. The van der Waals surface area contributed by atoms with Crippen LogP contribution in [-0.4, -0.2) is 62.4 Å². The normalized spacial score (nSPS) is 20.9. The topological polar surface area (TPSA) is 109 Å². The molecule has 8 nitrogen and oxygen atoms in total. The Morgan fingerprint density at radius 3 is 2.53 bits per heavy atom. The number of fused-ring (bicyclic) bond motifs is 1. The summed E-state index contributed by atoms with van der Waals surface area (Å²) in [6.45, 7) is 6.57. The fraction of sp³-hybridized carbons (Fsp3) is 0.538. The summed E-state index contributed by atoms with van der Waals surface area (Å²) in [7, 11) is 0. The number of anilines is 3. The van der Waals surface area contributed by atoms with Crippen LogP contribution in [0.1, 0.15) is 60.7 Å². The highest BCUT2D eigenvalue weighted by Crippen LogP contribution is 2.31. The molecular formula is C26H35N7OS2. The number of nitrogens with two attached hydrogens (primary N) is 1. The molecule has 2 fully saturated rings. The second-order valence-corrected chi connectivity index (χ2v) is 11.8. The van der Waals surface area contributed by atoms with E-state index in [1.807, 2.05) is 25.1 Å². The van der Waals surface area contributed by atoms with E-state index in [1.54, 1.807) is 11.3 Å². The van der Waals surface area contributed by atoms with Gasteiger partial charge in [-0.2, -0.15) is 11.8 Å². The number of rotatable bonds is 8. The minimum Gasteiger partial charge on any atom is -0.366 e. The molecule has 1 aliphatic heterocycles. The van der Waals surface area contributed by atoms with Crippen LogP contribution in [0, 0.1) is 0 Å². The number of thiazole rings is 1. The maximum absolute atomic E-state index is 12.3. The molecule has 5 rings (SSSR count). The third kappa shape index (κ3) is 5.60. The number of hydrogen-bond donors (Lipinski definition) is 3. The number of primary amides is 1. The summed E-state index contributed by atoms with van der Waals surface area (Å²) in [5.41, 5.74) is 8.46. The molecule has 0 bridgehead atoms. The highest BCUT2D eigenvalue weighted by Gasteiger charge is 2.28. The van der Waals surface area contributed by atoms with E-state index in [4.69, 9.17) is 10.7 Å². The van der Waals surface area contributed by atoms with Crippen molar-refractivity contribution in [3.8, 4) is 0 Å². The molecule has 2 aliphatic rings. The Bertz CT molecular complexity index is 1220. The molecule has 1 saturated heterocycles. The highest BCUT2D eigenvalue weighted by atomic mass is 32.2. The van der Waals surface area contributed by atoms with Crippen LogP contribution in [0.4, 0.5) is 17.3 Å². The molecule has 1 saturated carbocycles. The van der Waals surface area contributed by atoms with Gasteiger partial charge in [0.2, 0.25) is 0 Å². The zero-order chi connectivity index (χ0) is 25.1. The summed E-state index contributed by atoms with van der Waals surface area (Å²) in [6, 6.07) is 7.04. The highest BCUT2D eigenvalue weighted by molar-refractivity contribution is 7.99. The Balaban J connectivity index is 1.34. The number of amides is 1. The molecule has 1 aliphatic carbocycles. The lowest BCUT2D eigenvalue weighted by molar-refractivity contribution is 0.0996. The standard InChI is InChI=1S/C26H35N7OS2/c1-3-19-25(28-16-5-8-18(9-6-16)33-11-13-35-14-12-33)32-26(23(31-19)24(27)34)29-17-7-10-20-21(15-17)36-22(4-2)30-20/h7,10,15-16,18H,3-6,8-9,11-14H2,1-2H3,(H2,27,34)(H2,28,29,32). The van der Waals surface area contributed by atoms with Gasteiger partial charge in [-0.15, -0.1) is 11.3 Å². The summed E-state index contributed by atoms with van der Waals surface area (Å²) in [5.74, 6) is 3.06. The van der Waals surface area contributed by atoms with Crippen LogP contribution in [-0.2, 0) is 12.8 Å². The number of benzene rings is 1. The molecule has 10 heteroatoms. The Hall–Kier alpha value is -2.43. The first-order valence-corrected chi connectivity index (χ1v) is 15.0. The first kappa shape index (κ1) is 25.2. The van der Waals surface area contributed by atoms with Gasteiger partial charge in [0.15, 0.2) is 11.5 Å². The second-order valence-electron chi connectivity index (χ2n) is 9.50. The fourth-order valence-electron chi connectivity index (χ4n) is 5.15. The number of hydrogen-bond acceptors (Lipinski definition) is 9. The van der Waals surface area contributed by atoms with Crippen molar-refractivity contribution in [2.24, 2.45) is 5.73 Å². The predicted octanol–water partition coefficient (Wildman–Crippen LogP) is 4.83. The first-order valence-electron chi connectivity index (χ1n) is 13.0. The number of carbonyl (C=O) groups excluding carboxylic acids is 1. The Morgan fingerprint density at radius 2 is 1.83 bits per heavy atom. The zero-order valence-corrected chi connectivity index (χ0v) is 22.7. The van der Waals surface area contributed by atoms with Crippen molar-refractivity contribution in [1.82, 2.24) is 19.9 Å². The smallest absolute Gasteiger partial charge is 0.271 e. The molecule has 1 amide bonds. The fourth-order valence-corrected chi connectivity index (χ4v) is 7.03. The molecule has 0 radical (unpaired) electrons. The van der Waals surface area contributed by atoms with Gasteiger partial charge in [0.25, 0.3) is 5.91 Å². The van der Waals surface area contributed by atoms with E-state index in [2.05, 4.69) is 44.2 Å². The van der Waals surface area contributed by atoms with Crippen LogP contribution in [0.3, 0.4) is 0 Å². The van der Waals surface area contributed by atoms with Crippen molar-refractivity contribution in [2.45, 2.75) is 64.5 Å². The number of carbonyl (C=O) groups is 1. The summed E-state index contributed by atoms with van der Waals surface area (Å²) in [4.78, 5) is 29.1. The number of nitrogens with zero attached hydrogens (tertiary/aromatic N) is 4. The van der Waals surface area contributed by atoms with Gasteiger partial charge in [-0.3, -0.25) is 9.69 Å². The lowest BCUT2D eigenvalue weighted by atomic mass is 9.90. The first-order chi connectivity index (χ1) is 17.5. The van der Waals surface area contributed by atoms with Crippen molar-refractivity contribution in [2.75, 3.05) is 35.2 Å². The maximum Gasteiger partial charge on any atom is 0.271 e. The van der Waals surface area contributed by atoms with Crippen LogP contribution in [0.25, 0.3) is 10.2 Å². The quantitative estimate of drug-likeness (QED) is 0.384. The van der Waals surface area contributed by atoms with Gasteiger partial charge in [0, 0.05) is 42.4 Å². The van der Waals surface area contributed by atoms with Gasteiger partial charge in [-0.25, -0.2) is 15.0 Å². The zero-order valence-electron chi connectivity index (χ0n) is 21.0. The van der Waals surface area contributed by atoms with Crippen LogP contribution < -0.4 is 16.4 Å². The van der Waals surface area contributed by atoms with E-state index >= 15 is 0 Å². The molecule has 0 atom stereocenters. The molecule has 4 N–H and O–H groups in total. The summed E-state index contributed by atoms with van der Waals surface area (Å²) in [5, 5.41) is 8.07. The van der Waals surface area contributed by atoms with Crippen LogP contribution in [0.5, 0.6) is 0 Å². The number of aromatic nitrogens is 3. The van der Waals surface area contributed by atoms with Crippen molar-refractivity contribution in [1.29, 1.82) is 0 Å². The number of nitrogens with one attached hydrogen (secondary N) is 2. The van der Waals surface area contributed by atoms with Gasteiger partial charge >= 0.3 is 0 Å². The SMILES string of the molecule is CCc1nc2ccc(Nc3nc(NC4CCC(N5CCSCC5)CC4)c(CC)nc3C(N)=O)cc2s1. The summed E-state index contributed by atoms with van der Waals surface area (Å²) >= 11 is 3.75. The van der Waals surface area contributed by atoms with Crippen molar-refractivity contribution in [3.05, 3.63) is 34.6 Å². The van der Waals surface area contributed by atoms with Gasteiger partial charge < -0.3 is 16.4 Å². The molecule has 36 heavy (non-hydrogen) atoms. The van der Waals surface area contributed by atoms with Crippen LogP contribution in [0.2, 0.25) is 0 Å². The third-order valence-electron chi connectivity index (χ3n) is 7.13. The average Bonchev–Trinajstić information content (AvgIpc) is 3.32. The predicted molar refractivity (Wildman–Crippen MR) is 151 cm³/mol. The number of thioether (sulfide) groups is 1. The van der Waals surface area contributed by atoms with Crippen molar-refractivity contribution < 1.29 is 4.79 Å². The lowest BCUT2D eigenvalue weighted by Gasteiger charge is -2.39. The molecule has 2 aromatic heterocycles. The van der Waals surface area contributed by atoms with Gasteiger partial charge in [0.1, 0.15) is 5.82 Å². The van der Waals surface area contributed by atoms with Gasteiger partial charge in [0.05, 0.1) is 20.9 Å². The number of aryl methyl sites for hydroxylation is 2. The Labute approximate surface area is 220 Å². The molecular weight excluding hydrogens is 490 g/mol. The van der Waals surface area contributed by atoms with Gasteiger partial charge in [-0.05, 0) is 56.7 Å². The summed E-state index contributed by atoms with van der Waals surface area (Å²) < 4.78 is 1.10. The monoisotopic (exact) mass is 525 g/mol. The van der Waals surface area contributed by atoms with Crippen molar-refractivity contribution >= 4 is 56.5 Å². The second kappa shape index (κ2) is 11.3. The van der Waals surface area contributed by atoms with E-state index in [1.165, 1.54) is 37.4 Å². The molecule has 192 valence electrons. The van der Waals surface area contributed by atoms with E-state index in [0.29, 0.717) is 24.3 Å². The Kier molecular flexibility index (Phi) is 7.93. The molecule has 3 heterocycles. The lowest BCUT2D eigenvalue weighted by Crippen LogP contribution is -2.44. The minimum absolute atomic E-state index is 0.169. The van der Waals surface area contributed by atoms with Gasteiger partial charge in [-0.1, -0.05) is 13.8 Å².